The van der Waals surface area contributed by atoms with E-state index in [1.165, 1.54) is 6.07 Å². The van der Waals surface area contributed by atoms with Gasteiger partial charge in [-0.1, -0.05) is 18.2 Å². The highest BCUT2D eigenvalue weighted by Crippen LogP contribution is 2.44. The van der Waals surface area contributed by atoms with Gasteiger partial charge in [0.15, 0.2) is 5.78 Å². The van der Waals surface area contributed by atoms with Crippen LogP contribution in [-0.4, -0.2) is 24.1 Å². The number of hydrogen-bond donors (Lipinski definition) is 1. The van der Waals surface area contributed by atoms with Gasteiger partial charge in [-0.25, -0.2) is 0 Å². The average Bonchev–Trinajstić information content (AvgIpc) is 2.98. The molecule has 5 nitrogen and oxygen atoms in total. The maximum absolute atomic E-state index is 12.9. The summed E-state index contributed by atoms with van der Waals surface area (Å²) in [4.78, 5) is 38.1. The average molecular weight is 320 g/mol. The number of nitrogens with two attached hydrogens (primary N) is 1. The van der Waals surface area contributed by atoms with Crippen LogP contribution in [0.4, 0.5) is 5.69 Å². The maximum Gasteiger partial charge on any atom is 0.258 e. The zero-order valence-electron chi connectivity index (χ0n) is 13.0. The molecular weight excluding hydrogens is 304 g/mol. The van der Waals surface area contributed by atoms with E-state index in [1.807, 2.05) is 18.2 Å². The molecule has 2 aromatic carbocycles. The molecule has 0 saturated carbocycles. The van der Waals surface area contributed by atoms with E-state index in [9.17, 15) is 14.4 Å². The van der Waals surface area contributed by atoms with Gasteiger partial charge in [-0.15, -0.1) is 0 Å². The van der Waals surface area contributed by atoms with E-state index in [2.05, 4.69) is 0 Å². The third kappa shape index (κ3) is 2.12. The predicted molar refractivity (Wildman–Crippen MR) is 89.4 cm³/mol. The number of hydrogen-bond acceptors (Lipinski definition) is 3. The molecule has 5 heteroatoms. The normalized spacial score (nSPS) is 18.4. The Hall–Kier alpha value is -2.95. The van der Waals surface area contributed by atoms with Crippen molar-refractivity contribution in [3.8, 4) is 0 Å². The van der Waals surface area contributed by atoms with Crippen molar-refractivity contribution in [1.29, 1.82) is 0 Å². The second-order valence-electron chi connectivity index (χ2n) is 6.26. The largest absolute Gasteiger partial charge is 0.366 e. The fourth-order valence-electron chi connectivity index (χ4n) is 3.70. The fraction of sp³-hybridized carbons (Fsp3) is 0.211. The van der Waals surface area contributed by atoms with Crippen LogP contribution in [0.2, 0.25) is 0 Å². The molecule has 0 aromatic heterocycles. The summed E-state index contributed by atoms with van der Waals surface area (Å²) in [5.41, 5.74) is 8.57. The Morgan fingerprint density at radius 1 is 1.08 bits per heavy atom. The second-order valence-corrected chi connectivity index (χ2v) is 6.26. The van der Waals surface area contributed by atoms with Gasteiger partial charge in [0.05, 0.1) is 0 Å². The van der Waals surface area contributed by atoms with E-state index in [-0.39, 0.29) is 17.6 Å². The Labute approximate surface area is 139 Å². The lowest BCUT2D eigenvalue weighted by Gasteiger charge is -2.18. The number of carbonyl (C=O) groups is 3. The number of carbonyl (C=O) groups excluding carboxylic acids is 3. The molecule has 1 unspecified atom stereocenters. The molecule has 4 rings (SSSR count). The Morgan fingerprint density at radius 2 is 1.83 bits per heavy atom. The second kappa shape index (κ2) is 5.30. The number of nitrogens with zero attached hydrogens (tertiary/aromatic N) is 1. The first-order valence-electron chi connectivity index (χ1n) is 7.94. The lowest BCUT2D eigenvalue weighted by atomic mass is 9.83. The number of benzene rings is 2. The topological polar surface area (TPSA) is 80.5 Å². The van der Waals surface area contributed by atoms with Crippen molar-refractivity contribution in [2.24, 2.45) is 5.73 Å². The van der Waals surface area contributed by atoms with Gasteiger partial charge in [-0.2, -0.15) is 0 Å². The van der Waals surface area contributed by atoms with Gasteiger partial charge in [-0.05, 0) is 36.2 Å². The zero-order valence-corrected chi connectivity index (χ0v) is 13.0. The van der Waals surface area contributed by atoms with Crippen LogP contribution in [0.5, 0.6) is 0 Å². The minimum Gasteiger partial charge on any atom is -0.366 e. The van der Waals surface area contributed by atoms with Crippen molar-refractivity contribution in [2.75, 3.05) is 11.4 Å². The quantitative estimate of drug-likeness (QED) is 0.923. The molecule has 1 aliphatic carbocycles. The van der Waals surface area contributed by atoms with Crippen molar-refractivity contribution in [3.05, 3.63) is 64.7 Å². The van der Waals surface area contributed by atoms with Crippen LogP contribution >= 0.6 is 0 Å². The number of rotatable bonds is 2. The van der Waals surface area contributed by atoms with Gasteiger partial charge in [0.25, 0.3) is 5.91 Å². The third-order valence-corrected chi connectivity index (χ3v) is 4.84. The smallest absolute Gasteiger partial charge is 0.258 e. The first-order chi connectivity index (χ1) is 11.6. The highest BCUT2D eigenvalue weighted by atomic mass is 16.2. The van der Waals surface area contributed by atoms with Crippen LogP contribution in [0.25, 0.3) is 0 Å². The number of Topliss-reactive ketones (excluding diaryl/α,β-unsaturated/α-hetero) is 1. The fourth-order valence-corrected chi connectivity index (χ4v) is 3.70. The number of primary amides is 1. The zero-order chi connectivity index (χ0) is 16.8. The van der Waals surface area contributed by atoms with Crippen molar-refractivity contribution in [2.45, 2.75) is 18.8 Å². The molecule has 2 aliphatic rings. The lowest BCUT2D eigenvalue weighted by molar-refractivity contribution is 0.0966. The van der Waals surface area contributed by atoms with E-state index >= 15 is 0 Å². The maximum atomic E-state index is 12.9. The molecule has 0 bridgehead atoms. The highest BCUT2D eigenvalue weighted by molar-refractivity contribution is 6.10. The van der Waals surface area contributed by atoms with Crippen LogP contribution in [0.1, 0.15) is 55.4 Å². The molecule has 0 fully saturated rings. The standard InChI is InChI=1S/C19H16N2O3/c20-18(23)11-3-1-4-12(9-11)19(24)21-10-13-7-8-16(22)14-5-2-6-15(21)17(13)14/h1-6,9,13H,7-8,10H2,(H2,20,23). The first-order valence-corrected chi connectivity index (χ1v) is 7.94. The van der Waals surface area contributed by atoms with Crippen LogP contribution in [0, 0.1) is 0 Å². The summed E-state index contributed by atoms with van der Waals surface area (Å²) < 4.78 is 0. The SMILES string of the molecule is NC(=O)c1cccc(C(=O)N2CC3CCC(=O)c4cccc2c43)c1. The van der Waals surface area contributed by atoms with Crippen molar-refractivity contribution in [1.82, 2.24) is 0 Å². The number of amides is 2. The molecule has 2 amide bonds. The molecule has 0 saturated heterocycles. The predicted octanol–water partition coefficient (Wildman–Crippen LogP) is 2.51. The summed E-state index contributed by atoms with van der Waals surface area (Å²) in [5, 5.41) is 0. The molecule has 1 aliphatic heterocycles. The van der Waals surface area contributed by atoms with E-state index < -0.39 is 5.91 Å². The van der Waals surface area contributed by atoms with Crippen molar-refractivity contribution in [3.63, 3.8) is 0 Å². The van der Waals surface area contributed by atoms with Crippen LogP contribution in [-0.2, 0) is 0 Å². The molecular formula is C19H16N2O3. The molecule has 120 valence electrons. The summed E-state index contributed by atoms with van der Waals surface area (Å²) in [6.07, 6.45) is 1.30. The van der Waals surface area contributed by atoms with Gasteiger partial charge in [0.2, 0.25) is 5.91 Å². The third-order valence-electron chi connectivity index (χ3n) is 4.84. The summed E-state index contributed by atoms with van der Waals surface area (Å²) in [6, 6.07) is 12.0. The van der Waals surface area contributed by atoms with Crippen molar-refractivity contribution < 1.29 is 14.4 Å². The summed E-state index contributed by atoms with van der Waals surface area (Å²) in [5.74, 6) is -0.381. The Bertz CT molecular complexity index is 888. The molecule has 0 radical (unpaired) electrons. The minimum absolute atomic E-state index is 0.146. The summed E-state index contributed by atoms with van der Waals surface area (Å²) in [6.45, 7) is 0.569. The first kappa shape index (κ1) is 14.6. The van der Waals surface area contributed by atoms with E-state index in [1.54, 1.807) is 23.1 Å². The van der Waals surface area contributed by atoms with Crippen LogP contribution in [0.15, 0.2) is 42.5 Å². The summed E-state index contributed by atoms with van der Waals surface area (Å²) >= 11 is 0. The van der Waals surface area contributed by atoms with E-state index in [0.717, 1.165) is 23.2 Å². The monoisotopic (exact) mass is 320 g/mol. The van der Waals surface area contributed by atoms with Gasteiger partial charge in [0.1, 0.15) is 0 Å². The van der Waals surface area contributed by atoms with Crippen LogP contribution < -0.4 is 10.6 Å². The molecule has 2 aromatic rings. The molecule has 1 atom stereocenters. The van der Waals surface area contributed by atoms with Gasteiger partial charge >= 0.3 is 0 Å². The van der Waals surface area contributed by atoms with Crippen molar-refractivity contribution >= 4 is 23.3 Å². The van der Waals surface area contributed by atoms with Gasteiger partial charge in [-0.3, -0.25) is 14.4 Å². The lowest BCUT2D eigenvalue weighted by Crippen LogP contribution is -2.30. The van der Waals surface area contributed by atoms with E-state index in [4.69, 9.17) is 5.73 Å². The molecule has 0 spiro atoms. The minimum atomic E-state index is -0.560. The number of ketones is 1. The van der Waals surface area contributed by atoms with E-state index in [0.29, 0.717) is 24.1 Å². The highest BCUT2D eigenvalue weighted by Gasteiger charge is 2.38. The Morgan fingerprint density at radius 3 is 2.62 bits per heavy atom. The molecule has 2 N–H and O–H groups in total. The Kier molecular flexibility index (Phi) is 3.23. The molecule has 24 heavy (non-hydrogen) atoms. The van der Waals surface area contributed by atoms with Gasteiger partial charge < -0.3 is 10.6 Å². The molecule has 1 heterocycles. The van der Waals surface area contributed by atoms with Crippen LogP contribution in [0.3, 0.4) is 0 Å². The summed E-state index contributed by atoms with van der Waals surface area (Å²) in [7, 11) is 0. The Balaban J connectivity index is 1.75. The van der Waals surface area contributed by atoms with Gasteiger partial charge in [0, 0.05) is 41.3 Å². The number of anilines is 1.